The third kappa shape index (κ3) is 4.79. The van der Waals surface area contributed by atoms with E-state index >= 15 is 0 Å². The Kier molecular flexibility index (Phi) is 6.59. The van der Waals surface area contributed by atoms with Crippen LogP contribution >= 0.6 is 11.8 Å². The SMILES string of the molecule is CCN1C(=O)/C(=C\c2cccc(OC)c2OC(C)C)SC1=Nc1ccc(F)cc1. The smallest absolute Gasteiger partial charge is 0.266 e. The van der Waals surface area contributed by atoms with Crippen molar-refractivity contribution >= 4 is 34.6 Å². The average Bonchev–Trinajstić information content (AvgIpc) is 2.98. The monoisotopic (exact) mass is 414 g/mol. The molecule has 0 aliphatic carbocycles. The van der Waals surface area contributed by atoms with E-state index in [0.29, 0.717) is 33.8 Å². The molecule has 1 fully saturated rings. The van der Waals surface area contributed by atoms with E-state index in [1.807, 2.05) is 39.0 Å². The van der Waals surface area contributed by atoms with E-state index in [9.17, 15) is 9.18 Å². The summed E-state index contributed by atoms with van der Waals surface area (Å²) in [5, 5.41) is 0.560. The van der Waals surface area contributed by atoms with Gasteiger partial charge in [0.15, 0.2) is 16.7 Å². The van der Waals surface area contributed by atoms with Crippen molar-refractivity contribution in [1.82, 2.24) is 4.90 Å². The zero-order valence-electron chi connectivity index (χ0n) is 16.8. The molecule has 1 saturated heterocycles. The van der Waals surface area contributed by atoms with Crippen molar-refractivity contribution in [2.75, 3.05) is 13.7 Å². The zero-order valence-corrected chi connectivity index (χ0v) is 17.6. The number of aliphatic imine (C=N–C) groups is 1. The summed E-state index contributed by atoms with van der Waals surface area (Å²) >= 11 is 1.28. The number of methoxy groups -OCH3 is 1. The van der Waals surface area contributed by atoms with Gasteiger partial charge in [0.1, 0.15) is 5.82 Å². The lowest BCUT2D eigenvalue weighted by atomic mass is 10.1. The number of carbonyl (C=O) groups is 1. The lowest BCUT2D eigenvalue weighted by Gasteiger charge is -2.16. The molecule has 152 valence electrons. The van der Waals surface area contributed by atoms with Crippen molar-refractivity contribution in [3.63, 3.8) is 0 Å². The number of nitrogens with zero attached hydrogens (tertiary/aromatic N) is 2. The van der Waals surface area contributed by atoms with Gasteiger partial charge in [-0.05, 0) is 68.9 Å². The minimum absolute atomic E-state index is 0.0434. The number of amides is 1. The summed E-state index contributed by atoms with van der Waals surface area (Å²) in [4.78, 5) is 19.6. The molecule has 0 saturated carbocycles. The van der Waals surface area contributed by atoms with Gasteiger partial charge in [-0.2, -0.15) is 0 Å². The predicted molar refractivity (Wildman–Crippen MR) is 115 cm³/mol. The summed E-state index contributed by atoms with van der Waals surface area (Å²) < 4.78 is 24.5. The first-order valence-electron chi connectivity index (χ1n) is 9.32. The lowest BCUT2D eigenvalue weighted by Crippen LogP contribution is -2.28. The first-order chi connectivity index (χ1) is 13.9. The Hall–Kier alpha value is -2.80. The van der Waals surface area contributed by atoms with Gasteiger partial charge in [-0.3, -0.25) is 9.69 Å². The molecular weight excluding hydrogens is 391 g/mol. The molecule has 1 aliphatic heterocycles. The lowest BCUT2D eigenvalue weighted by molar-refractivity contribution is -0.122. The van der Waals surface area contributed by atoms with E-state index in [1.54, 1.807) is 30.2 Å². The van der Waals surface area contributed by atoms with Crippen LogP contribution in [0.25, 0.3) is 6.08 Å². The second kappa shape index (κ2) is 9.13. The van der Waals surface area contributed by atoms with Crippen LogP contribution in [0.4, 0.5) is 10.1 Å². The highest BCUT2D eigenvalue weighted by molar-refractivity contribution is 8.18. The van der Waals surface area contributed by atoms with Gasteiger partial charge >= 0.3 is 0 Å². The Balaban J connectivity index is 1.98. The molecule has 7 heteroatoms. The first kappa shape index (κ1) is 20.9. The maximum absolute atomic E-state index is 13.2. The molecule has 1 aliphatic rings. The summed E-state index contributed by atoms with van der Waals surface area (Å²) in [6.45, 7) is 6.24. The zero-order chi connectivity index (χ0) is 21.0. The Morgan fingerprint density at radius 2 is 1.93 bits per heavy atom. The molecule has 2 aromatic rings. The molecule has 0 unspecified atom stereocenters. The van der Waals surface area contributed by atoms with Gasteiger partial charge in [0, 0.05) is 12.1 Å². The van der Waals surface area contributed by atoms with Crippen molar-refractivity contribution in [3.05, 3.63) is 58.8 Å². The Morgan fingerprint density at radius 3 is 2.55 bits per heavy atom. The Morgan fingerprint density at radius 1 is 1.21 bits per heavy atom. The molecule has 0 spiro atoms. The van der Waals surface area contributed by atoms with Gasteiger partial charge in [-0.1, -0.05) is 12.1 Å². The van der Waals surface area contributed by atoms with Crippen molar-refractivity contribution in [3.8, 4) is 11.5 Å². The number of para-hydroxylation sites is 1. The summed E-state index contributed by atoms with van der Waals surface area (Å²) in [5.74, 6) is 0.748. The number of hydrogen-bond donors (Lipinski definition) is 0. The molecule has 0 atom stereocenters. The van der Waals surface area contributed by atoms with Gasteiger partial charge in [-0.15, -0.1) is 0 Å². The molecule has 2 aromatic carbocycles. The van der Waals surface area contributed by atoms with Crippen LogP contribution in [0.15, 0.2) is 52.4 Å². The molecular formula is C22H23FN2O3S. The van der Waals surface area contributed by atoms with Crippen molar-refractivity contribution in [2.45, 2.75) is 26.9 Å². The standard InChI is InChI=1S/C22H23FN2O3S/c1-5-25-21(26)19(29-22(25)24-17-11-9-16(23)10-12-17)13-15-7-6-8-18(27-4)20(15)28-14(2)3/h6-14H,5H2,1-4H3/b19-13+,24-22?. The fourth-order valence-electron chi connectivity index (χ4n) is 2.81. The number of likely N-dealkylation sites (N-methyl/N-ethyl adjacent to an activating group) is 1. The molecule has 1 heterocycles. The number of carbonyl (C=O) groups excluding carboxylic acids is 1. The molecule has 0 bridgehead atoms. The van der Waals surface area contributed by atoms with Crippen LogP contribution in [0, 0.1) is 5.82 Å². The summed E-state index contributed by atoms with van der Waals surface area (Å²) in [7, 11) is 1.58. The minimum Gasteiger partial charge on any atom is -0.493 e. The summed E-state index contributed by atoms with van der Waals surface area (Å²) in [6.07, 6.45) is 1.75. The maximum atomic E-state index is 13.2. The number of halogens is 1. The van der Waals surface area contributed by atoms with Crippen LogP contribution < -0.4 is 9.47 Å². The van der Waals surface area contributed by atoms with Crippen LogP contribution in [0.2, 0.25) is 0 Å². The number of ether oxygens (including phenoxy) is 2. The Bertz CT molecular complexity index is 955. The highest BCUT2D eigenvalue weighted by atomic mass is 32.2. The Labute approximate surface area is 174 Å². The molecule has 3 rings (SSSR count). The van der Waals surface area contributed by atoms with E-state index < -0.39 is 0 Å². The third-order valence-corrected chi connectivity index (χ3v) is 5.13. The number of thioether (sulfide) groups is 1. The van der Waals surface area contributed by atoms with Crippen LogP contribution in [0.1, 0.15) is 26.3 Å². The number of amidine groups is 1. The second-order valence-electron chi connectivity index (χ2n) is 6.58. The van der Waals surface area contributed by atoms with Gasteiger partial charge in [0.05, 0.1) is 23.8 Å². The fourth-order valence-corrected chi connectivity index (χ4v) is 3.86. The van der Waals surface area contributed by atoms with E-state index in [1.165, 1.54) is 23.9 Å². The van der Waals surface area contributed by atoms with E-state index in [-0.39, 0.29) is 17.8 Å². The van der Waals surface area contributed by atoms with Crippen molar-refractivity contribution in [1.29, 1.82) is 0 Å². The predicted octanol–water partition coefficient (Wildman–Crippen LogP) is 5.25. The van der Waals surface area contributed by atoms with Crippen LogP contribution in [0.5, 0.6) is 11.5 Å². The van der Waals surface area contributed by atoms with Gasteiger partial charge in [-0.25, -0.2) is 9.38 Å². The molecule has 0 radical (unpaired) electrons. The van der Waals surface area contributed by atoms with Gasteiger partial charge in [0.25, 0.3) is 5.91 Å². The normalized spacial score (nSPS) is 16.9. The second-order valence-corrected chi connectivity index (χ2v) is 7.59. The van der Waals surface area contributed by atoms with Crippen LogP contribution in [-0.2, 0) is 4.79 Å². The number of benzene rings is 2. The van der Waals surface area contributed by atoms with Gasteiger partial charge < -0.3 is 9.47 Å². The van der Waals surface area contributed by atoms with E-state index in [4.69, 9.17) is 9.47 Å². The fraction of sp³-hybridized carbons (Fsp3) is 0.273. The van der Waals surface area contributed by atoms with Crippen molar-refractivity contribution in [2.24, 2.45) is 4.99 Å². The molecule has 5 nitrogen and oxygen atoms in total. The molecule has 0 N–H and O–H groups in total. The first-order valence-corrected chi connectivity index (χ1v) is 10.1. The number of hydrogen-bond acceptors (Lipinski definition) is 5. The third-order valence-electron chi connectivity index (χ3n) is 4.13. The average molecular weight is 415 g/mol. The molecule has 1 amide bonds. The quantitative estimate of drug-likeness (QED) is 0.606. The summed E-state index contributed by atoms with van der Waals surface area (Å²) in [6, 6.07) is 11.4. The minimum atomic E-state index is -0.326. The maximum Gasteiger partial charge on any atom is 0.266 e. The van der Waals surface area contributed by atoms with Crippen LogP contribution in [0.3, 0.4) is 0 Å². The van der Waals surface area contributed by atoms with E-state index in [2.05, 4.69) is 4.99 Å². The largest absolute Gasteiger partial charge is 0.493 e. The van der Waals surface area contributed by atoms with Gasteiger partial charge in [0.2, 0.25) is 0 Å². The molecule has 0 aromatic heterocycles. The molecule has 29 heavy (non-hydrogen) atoms. The van der Waals surface area contributed by atoms with Crippen LogP contribution in [-0.4, -0.2) is 35.7 Å². The van der Waals surface area contributed by atoms with Crippen molar-refractivity contribution < 1.29 is 18.7 Å². The highest BCUT2D eigenvalue weighted by Gasteiger charge is 2.32. The topological polar surface area (TPSA) is 51.1 Å². The van der Waals surface area contributed by atoms with E-state index in [0.717, 1.165) is 5.56 Å². The number of rotatable bonds is 6. The summed E-state index contributed by atoms with van der Waals surface area (Å²) in [5.41, 5.74) is 1.35. The highest BCUT2D eigenvalue weighted by Crippen LogP contribution is 2.38.